The van der Waals surface area contributed by atoms with Crippen molar-refractivity contribution < 1.29 is 18.6 Å². The standard InChI is InChI=1S/C25H29FN6OS2.C14H23N3O.C11H7ClFN3S2/c1-4-5-17-13-27-23(28-14-17)31-10-8-18(9-11-31)16(2)33-25-30-32-15-22(29-24(32)35-25)20-7-6-19(34-3)12-21(20)26;1-3-4-12-9-15-14(16-10-12)17-7-5-13(6-8-17)11(2)18;1-17-6-2-3-7(8(13)4-6)9-5-16-11(14-9)18-10(12)15-16/h6-7,12-16,18H,4-5,8-11H2,1-3H3;9-11,13,18H,3-8H2,1-2H3;2-5H,1H3/t16-;11-;/m00./s1. The molecular weight excluding hydrogens is 1000 g/mol. The summed E-state index contributed by atoms with van der Waals surface area (Å²) >= 11 is 11.4. The molecule has 8 heterocycles. The Morgan fingerprint density at radius 3 is 1.55 bits per heavy atom. The molecule has 2 saturated heterocycles. The number of rotatable bonds is 14. The molecule has 2 atom stereocenters. The lowest BCUT2D eigenvalue weighted by molar-refractivity contribution is 0.109. The summed E-state index contributed by atoms with van der Waals surface area (Å²) in [6.45, 7) is 12.0. The number of aliphatic hydroxyl groups excluding tert-OH is 1. The van der Waals surface area contributed by atoms with E-state index in [-0.39, 0.29) is 23.8 Å². The molecule has 2 fully saturated rings. The summed E-state index contributed by atoms with van der Waals surface area (Å²) in [6.07, 6.45) is 23.2. The van der Waals surface area contributed by atoms with E-state index in [1.807, 2.05) is 56.4 Å². The third-order valence-corrected chi connectivity index (χ3v) is 16.0. The Kier molecular flexibility index (Phi) is 18.1. The Bertz CT molecular complexity index is 2890. The van der Waals surface area contributed by atoms with E-state index in [9.17, 15) is 13.9 Å². The number of halogens is 3. The molecule has 0 aliphatic carbocycles. The average Bonchev–Trinajstić information content (AvgIpc) is 4.15. The Morgan fingerprint density at radius 2 is 1.14 bits per heavy atom. The molecule has 2 aliphatic heterocycles. The smallest absolute Gasteiger partial charge is 0.294 e. The number of aromatic nitrogens is 10. The van der Waals surface area contributed by atoms with Crippen molar-refractivity contribution in [2.24, 2.45) is 11.8 Å². The van der Waals surface area contributed by atoms with E-state index in [1.54, 1.807) is 33.6 Å². The molecule has 0 radical (unpaired) electrons. The number of fused-ring (bicyclic) bond motifs is 2. The van der Waals surface area contributed by atoms with Crippen LogP contribution in [0.1, 0.15) is 77.3 Å². The summed E-state index contributed by atoms with van der Waals surface area (Å²) in [6, 6.07) is 10.3. The number of ether oxygens (including phenoxy) is 1. The van der Waals surface area contributed by atoms with Crippen LogP contribution in [0.25, 0.3) is 32.4 Å². The van der Waals surface area contributed by atoms with Crippen molar-refractivity contribution >= 4 is 79.6 Å². The van der Waals surface area contributed by atoms with Crippen LogP contribution in [-0.2, 0) is 12.8 Å². The van der Waals surface area contributed by atoms with Gasteiger partial charge in [-0.05, 0) is 147 Å². The summed E-state index contributed by atoms with van der Waals surface area (Å²) in [5, 5.41) is 18.7. The van der Waals surface area contributed by atoms with Crippen LogP contribution < -0.4 is 14.5 Å². The maximum absolute atomic E-state index is 14.5. The lowest BCUT2D eigenvalue weighted by Gasteiger charge is -2.34. The van der Waals surface area contributed by atoms with Gasteiger partial charge in [0.25, 0.3) is 5.19 Å². The van der Waals surface area contributed by atoms with Gasteiger partial charge in [-0.1, -0.05) is 38.0 Å². The summed E-state index contributed by atoms with van der Waals surface area (Å²) in [5.74, 6) is 1.95. The number of piperidine rings is 2. The molecule has 8 aromatic rings. The molecule has 0 amide bonds. The van der Waals surface area contributed by atoms with Gasteiger partial charge < -0.3 is 19.6 Å². The highest BCUT2D eigenvalue weighted by Crippen LogP contribution is 2.33. The largest absolute Gasteiger partial charge is 0.466 e. The topological polar surface area (TPSA) is 148 Å². The van der Waals surface area contributed by atoms with Crippen LogP contribution in [-0.4, -0.2) is 105 Å². The lowest BCUT2D eigenvalue weighted by Crippen LogP contribution is -2.39. The number of hydrogen-bond acceptors (Lipinski definition) is 16. The lowest BCUT2D eigenvalue weighted by atomic mass is 9.92. The zero-order valence-electron chi connectivity index (χ0n) is 40.7. The molecule has 0 spiro atoms. The summed E-state index contributed by atoms with van der Waals surface area (Å²) in [5.41, 5.74) is 4.49. The van der Waals surface area contributed by atoms with Gasteiger partial charge in [-0.15, -0.1) is 33.7 Å². The molecule has 0 saturated carbocycles. The number of aryl methyl sites for hydroxylation is 2. The summed E-state index contributed by atoms with van der Waals surface area (Å²) < 4.78 is 38.3. The maximum Gasteiger partial charge on any atom is 0.294 e. The number of anilines is 2. The molecular formula is C50H59ClF2N12O2S4. The van der Waals surface area contributed by atoms with Crippen LogP contribution in [0.4, 0.5) is 20.7 Å². The van der Waals surface area contributed by atoms with Crippen molar-refractivity contribution in [2.75, 3.05) is 48.5 Å². The number of benzene rings is 2. The Balaban J connectivity index is 0.000000158. The average molecular weight is 1060 g/mol. The minimum atomic E-state index is -0.279. The van der Waals surface area contributed by atoms with Crippen LogP contribution in [0.2, 0.25) is 4.47 Å². The second-order valence-corrected chi connectivity index (χ2v) is 21.8. The van der Waals surface area contributed by atoms with Crippen LogP contribution in [0.15, 0.2) is 83.4 Å². The second-order valence-electron chi connectivity index (χ2n) is 17.6. The van der Waals surface area contributed by atoms with Gasteiger partial charge in [0.2, 0.25) is 26.3 Å². The van der Waals surface area contributed by atoms with Crippen LogP contribution in [0.5, 0.6) is 5.19 Å². The quantitative estimate of drug-likeness (QED) is 0.103. The van der Waals surface area contributed by atoms with Crippen LogP contribution >= 0.6 is 57.8 Å². The first-order chi connectivity index (χ1) is 34.4. The highest BCUT2D eigenvalue weighted by atomic mass is 35.5. The van der Waals surface area contributed by atoms with E-state index in [0.717, 1.165) is 99.2 Å². The van der Waals surface area contributed by atoms with E-state index in [2.05, 4.69) is 70.7 Å². The van der Waals surface area contributed by atoms with Gasteiger partial charge in [0.15, 0.2) is 0 Å². The van der Waals surface area contributed by atoms with Crippen molar-refractivity contribution in [2.45, 2.75) is 101 Å². The molecule has 0 bridgehead atoms. The highest BCUT2D eigenvalue weighted by molar-refractivity contribution is 7.98. The van der Waals surface area contributed by atoms with Gasteiger partial charge in [0, 0.05) is 71.9 Å². The Morgan fingerprint density at radius 1 is 0.690 bits per heavy atom. The van der Waals surface area contributed by atoms with Gasteiger partial charge >= 0.3 is 0 Å². The molecule has 71 heavy (non-hydrogen) atoms. The van der Waals surface area contributed by atoms with Crippen molar-refractivity contribution in [3.63, 3.8) is 0 Å². The van der Waals surface area contributed by atoms with E-state index >= 15 is 0 Å². The van der Waals surface area contributed by atoms with Gasteiger partial charge in [0.1, 0.15) is 17.7 Å². The van der Waals surface area contributed by atoms with Crippen LogP contribution in [0.3, 0.4) is 0 Å². The third kappa shape index (κ3) is 13.4. The number of imidazole rings is 2. The second kappa shape index (κ2) is 24.6. The number of aliphatic hydroxyl groups is 1. The molecule has 10 rings (SSSR count). The summed E-state index contributed by atoms with van der Waals surface area (Å²) in [7, 11) is 0. The van der Waals surface area contributed by atoms with Gasteiger partial charge in [-0.2, -0.15) is 0 Å². The fraction of sp³-hybridized carbons (Fsp3) is 0.440. The molecule has 0 unspecified atom stereocenters. The molecule has 21 heteroatoms. The van der Waals surface area contributed by atoms with Crippen molar-refractivity contribution in [1.29, 1.82) is 0 Å². The monoisotopic (exact) mass is 1060 g/mol. The minimum Gasteiger partial charge on any atom is -0.466 e. The van der Waals surface area contributed by atoms with E-state index in [1.165, 1.54) is 69.5 Å². The Hall–Kier alpha value is -4.99. The van der Waals surface area contributed by atoms with Crippen LogP contribution in [0, 0.1) is 23.5 Å². The molecule has 376 valence electrons. The van der Waals surface area contributed by atoms with Crippen molar-refractivity contribution in [3.8, 4) is 27.7 Å². The molecule has 2 aliphatic rings. The molecule has 6 aromatic heterocycles. The fourth-order valence-corrected chi connectivity index (χ4v) is 11.2. The maximum atomic E-state index is 14.5. The third-order valence-electron chi connectivity index (χ3n) is 12.7. The first kappa shape index (κ1) is 52.3. The zero-order valence-corrected chi connectivity index (χ0v) is 44.7. The van der Waals surface area contributed by atoms with Gasteiger partial charge in [0.05, 0.1) is 29.9 Å². The van der Waals surface area contributed by atoms with E-state index < -0.39 is 0 Å². The molecule has 14 nitrogen and oxygen atoms in total. The predicted molar refractivity (Wildman–Crippen MR) is 285 cm³/mol. The molecule has 1 N–H and O–H groups in total. The zero-order chi connectivity index (χ0) is 50.0. The summed E-state index contributed by atoms with van der Waals surface area (Å²) in [4.78, 5) is 34.5. The fourth-order valence-electron chi connectivity index (χ4n) is 8.59. The number of nitrogens with zero attached hydrogens (tertiary/aromatic N) is 12. The Labute approximate surface area is 434 Å². The van der Waals surface area contributed by atoms with Crippen molar-refractivity contribution in [3.05, 3.63) is 101 Å². The van der Waals surface area contributed by atoms with E-state index in [0.29, 0.717) is 53.9 Å². The minimum absolute atomic E-state index is 0.0388. The highest BCUT2D eigenvalue weighted by Gasteiger charge is 2.28. The predicted octanol–water partition coefficient (Wildman–Crippen LogP) is 11.7. The molecule has 2 aromatic carbocycles. The first-order valence-corrected chi connectivity index (χ1v) is 28.4. The first-order valence-electron chi connectivity index (χ1n) is 23.9. The number of thioether (sulfide) groups is 2. The van der Waals surface area contributed by atoms with Gasteiger partial charge in [-0.3, -0.25) is 0 Å². The van der Waals surface area contributed by atoms with E-state index in [4.69, 9.17) is 16.3 Å². The number of hydrogen-bond donors (Lipinski definition) is 1. The SMILES string of the molecule is CCCc1cnc(N2CCC([C@H](C)O)CC2)nc1.CCCc1cnc(N2CCC([C@H](C)Oc3nn4cc(-c5ccc(SC)cc5F)nc4s3)CC2)nc1.CSc1ccc(-c2cn3nc(Cl)sc3n2)c(F)c1. The van der Waals surface area contributed by atoms with Gasteiger partial charge in [-0.25, -0.2) is 47.7 Å². The van der Waals surface area contributed by atoms with Crippen molar-refractivity contribution in [1.82, 2.24) is 49.1 Å². The normalized spacial score (nSPS) is 15.4.